The topological polar surface area (TPSA) is 35.5 Å². The van der Waals surface area contributed by atoms with Crippen molar-refractivity contribution in [3.63, 3.8) is 0 Å². The molecule has 0 saturated carbocycles. The molecule has 0 bridgehead atoms. The first-order valence-corrected chi connectivity index (χ1v) is 6.77. The molecule has 0 unspecified atom stereocenters. The number of aldehydes is 1. The van der Waals surface area contributed by atoms with Crippen molar-refractivity contribution < 1.29 is 14.3 Å². The highest BCUT2D eigenvalue weighted by molar-refractivity contribution is 5.57. The van der Waals surface area contributed by atoms with Crippen molar-refractivity contribution in [3.05, 3.63) is 22.8 Å². The van der Waals surface area contributed by atoms with Crippen LogP contribution in [-0.2, 0) is 24.1 Å². The summed E-state index contributed by atoms with van der Waals surface area (Å²) in [5, 5.41) is 0. The van der Waals surface area contributed by atoms with Gasteiger partial charge in [-0.15, -0.1) is 0 Å². The number of hydrogen-bond acceptors (Lipinski definition) is 3. The van der Waals surface area contributed by atoms with Crippen molar-refractivity contribution in [1.82, 2.24) is 0 Å². The number of rotatable bonds is 3. The van der Waals surface area contributed by atoms with Gasteiger partial charge >= 0.3 is 0 Å². The van der Waals surface area contributed by atoms with Gasteiger partial charge in [-0.25, -0.2) is 0 Å². The molecule has 3 heteroatoms. The van der Waals surface area contributed by atoms with Gasteiger partial charge in [0.05, 0.1) is 13.2 Å². The average Bonchev–Trinajstić information content (AvgIpc) is 2.43. The fraction of sp³-hybridized carbons (Fsp3) is 0.533. The Morgan fingerprint density at radius 2 is 2.00 bits per heavy atom. The fourth-order valence-electron chi connectivity index (χ4n) is 2.89. The molecule has 0 atom stereocenters. The Morgan fingerprint density at radius 1 is 1.17 bits per heavy atom. The highest BCUT2D eigenvalue weighted by Gasteiger charge is 2.23. The van der Waals surface area contributed by atoms with E-state index in [-0.39, 0.29) is 0 Å². The maximum Gasteiger partial charge on any atom is 0.126 e. The second-order valence-corrected chi connectivity index (χ2v) is 4.93. The average molecular weight is 246 g/mol. The standard InChI is InChI=1S/C15H18O3/c16-7-1-5-13-12-6-3-8-17-14(12)10-11-4-2-9-18-15(11)13/h7,10H,1-6,8-9H2. The molecule has 18 heavy (non-hydrogen) atoms. The molecule has 0 N–H and O–H groups in total. The third kappa shape index (κ3) is 1.98. The predicted octanol–water partition coefficient (Wildman–Crippen LogP) is 2.47. The van der Waals surface area contributed by atoms with Crippen LogP contribution < -0.4 is 9.47 Å². The van der Waals surface area contributed by atoms with Gasteiger partial charge in [-0.2, -0.15) is 0 Å². The third-order valence-electron chi connectivity index (χ3n) is 3.71. The smallest absolute Gasteiger partial charge is 0.126 e. The van der Waals surface area contributed by atoms with Crippen molar-refractivity contribution >= 4 is 6.29 Å². The van der Waals surface area contributed by atoms with E-state index in [9.17, 15) is 4.79 Å². The van der Waals surface area contributed by atoms with E-state index in [1.807, 2.05) is 0 Å². The number of carbonyl (C=O) groups excluding carboxylic acids is 1. The molecular formula is C15H18O3. The van der Waals surface area contributed by atoms with Gasteiger partial charge in [-0.1, -0.05) is 0 Å². The van der Waals surface area contributed by atoms with Gasteiger partial charge in [0.2, 0.25) is 0 Å². The van der Waals surface area contributed by atoms with Crippen LogP contribution in [0.25, 0.3) is 0 Å². The lowest BCUT2D eigenvalue weighted by Crippen LogP contribution is -2.17. The Morgan fingerprint density at radius 3 is 2.89 bits per heavy atom. The van der Waals surface area contributed by atoms with Crippen LogP contribution in [0.15, 0.2) is 6.07 Å². The largest absolute Gasteiger partial charge is 0.493 e. The van der Waals surface area contributed by atoms with Crippen LogP contribution in [0.1, 0.15) is 36.0 Å². The lowest BCUT2D eigenvalue weighted by Gasteiger charge is -2.27. The van der Waals surface area contributed by atoms with Gasteiger partial charge in [-0.3, -0.25) is 0 Å². The maximum atomic E-state index is 10.6. The molecule has 2 heterocycles. The van der Waals surface area contributed by atoms with Gasteiger partial charge < -0.3 is 14.3 Å². The van der Waals surface area contributed by atoms with Gasteiger partial charge in [0, 0.05) is 17.5 Å². The summed E-state index contributed by atoms with van der Waals surface area (Å²) in [6.07, 6.45) is 6.54. The maximum absolute atomic E-state index is 10.6. The molecule has 0 spiro atoms. The number of carbonyl (C=O) groups is 1. The number of benzene rings is 1. The Kier molecular flexibility index (Phi) is 3.22. The number of aryl methyl sites for hydroxylation is 1. The highest BCUT2D eigenvalue weighted by Crippen LogP contribution is 2.40. The number of fused-ring (bicyclic) bond motifs is 2. The summed E-state index contributed by atoms with van der Waals surface area (Å²) in [5.74, 6) is 2.05. The van der Waals surface area contributed by atoms with Crippen LogP contribution in [0.2, 0.25) is 0 Å². The summed E-state index contributed by atoms with van der Waals surface area (Å²) in [7, 11) is 0. The van der Waals surface area contributed by atoms with Crippen LogP contribution >= 0.6 is 0 Å². The Hall–Kier alpha value is -1.51. The monoisotopic (exact) mass is 246 g/mol. The third-order valence-corrected chi connectivity index (χ3v) is 3.71. The van der Waals surface area contributed by atoms with E-state index in [4.69, 9.17) is 9.47 Å². The predicted molar refractivity (Wildman–Crippen MR) is 68.5 cm³/mol. The van der Waals surface area contributed by atoms with Crippen LogP contribution in [0.4, 0.5) is 0 Å². The van der Waals surface area contributed by atoms with Crippen LogP contribution in [0, 0.1) is 0 Å². The zero-order valence-corrected chi connectivity index (χ0v) is 10.5. The minimum absolute atomic E-state index is 0.562. The van der Waals surface area contributed by atoms with Gasteiger partial charge in [0.1, 0.15) is 17.8 Å². The summed E-state index contributed by atoms with van der Waals surface area (Å²) in [4.78, 5) is 10.6. The second kappa shape index (κ2) is 5.01. The molecule has 0 aliphatic carbocycles. The Balaban J connectivity index is 2.07. The molecule has 3 rings (SSSR count). The zero-order chi connectivity index (χ0) is 12.4. The van der Waals surface area contributed by atoms with E-state index < -0.39 is 0 Å². The molecule has 2 aliphatic rings. The van der Waals surface area contributed by atoms with Gasteiger partial charge in [-0.05, 0) is 43.7 Å². The van der Waals surface area contributed by atoms with Crippen molar-refractivity contribution in [2.24, 2.45) is 0 Å². The summed E-state index contributed by atoms with van der Waals surface area (Å²) < 4.78 is 11.6. The van der Waals surface area contributed by atoms with Crippen LogP contribution in [-0.4, -0.2) is 19.5 Å². The quantitative estimate of drug-likeness (QED) is 0.769. The molecule has 0 aromatic heterocycles. The second-order valence-electron chi connectivity index (χ2n) is 4.93. The SMILES string of the molecule is O=CCCc1c2c(cc3c1OCCC3)OCCC2. The Labute approximate surface area is 107 Å². The Bertz CT molecular complexity index is 431. The van der Waals surface area contributed by atoms with Crippen LogP contribution in [0.5, 0.6) is 11.5 Å². The van der Waals surface area contributed by atoms with E-state index in [1.165, 1.54) is 16.7 Å². The van der Waals surface area contributed by atoms with Crippen molar-refractivity contribution in [2.45, 2.75) is 38.5 Å². The van der Waals surface area contributed by atoms with E-state index in [2.05, 4.69) is 6.07 Å². The van der Waals surface area contributed by atoms with E-state index in [0.29, 0.717) is 6.42 Å². The minimum Gasteiger partial charge on any atom is -0.493 e. The number of hydrogen-bond donors (Lipinski definition) is 0. The minimum atomic E-state index is 0.562. The molecule has 3 nitrogen and oxygen atoms in total. The molecule has 0 radical (unpaired) electrons. The summed E-state index contributed by atoms with van der Waals surface area (Å²) in [6, 6.07) is 2.15. The summed E-state index contributed by atoms with van der Waals surface area (Å²) in [6.45, 7) is 1.60. The van der Waals surface area contributed by atoms with E-state index in [1.54, 1.807) is 0 Å². The van der Waals surface area contributed by atoms with Gasteiger partial charge in [0.15, 0.2) is 0 Å². The summed E-state index contributed by atoms with van der Waals surface area (Å²) in [5.41, 5.74) is 3.74. The van der Waals surface area contributed by atoms with Crippen molar-refractivity contribution in [2.75, 3.05) is 13.2 Å². The molecule has 0 fully saturated rings. The lowest BCUT2D eigenvalue weighted by molar-refractivity contribution is -0.107. The molecular weight excluding hydrogens is 228 g/mol. The molecule has 0 saturated heterocycles. The first-order chi connectivity index (χ1) is 8.90. The van der Waals surface area contributed by atoms with Gasteiger partial charge in [0.25, 0.3) is 0 Å². The van der Waals surface area contributed by atoms with Crippen LogP contribution in [0.3, 0.4) is 0 Å². The zero-order valence-electron chi connectivity index (χ0n) is 10.5. The highest BCUT2D eigenvalue weighted by atomic mass is 16.5. The van der Waals surface area contributed by atoms with E-state index in [0.717, 1.165) is 63.1 Å². The molecule has 1 aromatic carbocycles. The first-order valence-electron chi connectivity index (χ1n) is 6.77. The molecule has 96 valence electrons. The summed E-state index contributed by atoms with van der Waals surface area (Å²) >= 11 is 0. The van der Waals surface area contributed by atoms with E-state index >= 15 is 0 Å². The normalized spacial score (nSPS) is 17.1. The number of ether oxygens (including phenoxy) is 2. The molecule has 1 aromatic rings. The van der Waals surface area contributed by atoms with Crippen molar-refractivity contribution in [1.29, 1.82) is 0 Å². The van der Waals surface area contributed by atoms with Crippen molar-refractivity contribution in [3.8, 4) is 11.5 Å². The lowest BCUT2D eigenvalue weighted by atomic mass is 9.91. The fourth-order valence-corrected chi connectivity index (χ4v) is 2.89. The first kappa shape index (κ1) is 11.6. The molecule has 0 amide bonds. The molecule has 2 aliphatic heterocycles.